The van der Waals surface area contributed by atoms with E-state index < -0.39 is 31.2 Å². The van der Waals surface area contributed by atoms with Gasteiger partial charge in [0, 0.05) is 0 Å². The van der Waals surface area contributed by atoms with Gasteiger partial charge in [-0.3, -0.25) is 0 Å². The molecule has 0 heterocycles. The van der Waals surface area contributed by atoms with Gasteiger partial charge in [-0.05, 0) is 0 Å². The number of rotatable bonds is 5. The molecule has 0 amide bonds. The van der Waals surface area contributed by atoms with Crippen LogP contribution in [0.1, 0.15) is 7.43 Å². The fourth-order valence-corrected chi connectivity index (χ4v) is 0.569. The van der Waals surface area contributed by atoms with Crippen molar-refractivity contribution in [3.63, 3.8) is 0 Å². The predicted octanol–water partition coefficient (Wildman–Crippen LogP) is 4.45. The van der Waals surface area contributed by atoms with E-state index in [0.29, 0.717) is 0 Å². The van der Waals surface area contributed by atoms with Crippen molar-refractivity contribution in [3.05, 3.63) is 0 Å². The molecule has 0 fully saturated rings. The molecule has 21 heavy (non-hydrogen) atoms. The Labute approximate surface area is 107 Å². The normalized spacial score (nSPS) is 14.9. The molecule has 0 aromatic heterocycles. The molecule has 0 atom stereocenters. The second-order valence-electron chi connectivity index (χ2n) is 2.69. The minimum atomic E-state index is -6.79. The van der Waals surface area contributed by atoms with Gasteiger partial charge >= 0.3 is 31.2 Å². The van der Waals surface area contributed by atoms with E-state index in [0.717, 1.165) is 0 Å². The maximum Gasteiger partial charge on any atom is 0.529 e. The van der Waals surface area contributed by atoms with Crippen LogP contribution in [-0.2, 0) is 14.2 Å². The Hall–Kier alpha value is -0.960. The Morgan fingerprint density at radius 2 is 0.714 bits per heavy atom. The zero-order chi connectivity index (χ0) is 16.6. The molecular weight excluding hydrogens is 348 g/mol. The average Bonchev–Trinajstić information content (AvgIpc) is 1.88. The predicted molar refractivity (Wildman–Crippen MR) is 36.9 cm³/mol. The summed E-state index contributed by atoms with van der Waals surface area (Å²) in [5.41, 5.74) is 0. The van der Waals surface area contributed by atoms with Crippen molar-refractivity contribution in [1.29, 1.82) is 0 Å². The van der Waals surface area contributed by atoms with Crippen LogP contribution in [0.4, 0.5) is 52.7 Å². The van der Waals surface area contributed by atoms with Crippen molar-refractivity contribution < 1.29 is 66.9 Å². The molecule has 0 radical (unpaired) electrons. The molecule has 0 unspecified atom stereocenters. The van der Waals surface area contributed by atoms with Gasteiger partial charge in [0.2, 0.25) is 0 Å². The lowest BCUT2D eigenvalue weighted by molar-refractivity contribution is -0.581. The maximum atomic E-state index is 12.3. The van der Waals surface area contributed by atoms with E-state index in [1.807, 2.05) is 0 Å². The van der Waals surface area contributed by atoms with Gasteiger partial charge in [-0.25, -0.2) is 9.47 Å². The van der Waals surface area contributed by atoms with Gasteiger partial charge < -0.3 is 0 Å². The summed E-state index contributed by atoms with van der Waals surface area (Å²) in [5.74, 6) is 0. The van der Waals surface area contributed by atoms with E-state index in [9.17, 15) is 52.7 Å². The second-order valence-corrected chi connectivity index (χ2v) is 2.69. The van der Waals surface area contributed by atoms with Gasteiger partial charge in [0.15, 0.2) is 0 Å². The van der Waals surface area contributed by atoms with E-state index in [2.05, 4.69) is 0 Å². The SMILES string of the molecule is C.FC(F)(F)OC(F)(F)OC(F)(F)C(F)(F)OC(F)(F)F. The van der Waals surface area contributed by atoms with Crippen molar-refractivity contribution in [1.82, 2.24) is 0 Å². The number of hydrogen-bond acceptors (Lipinski definition) is 3. The van der Waals surface area contributed by atoms with Gasteiger partial charge in [0.1, 0.15) is 0 Å². The quantitative estimate of drug-likeness (QED) is 0.541. The zero-order valence-corrected chi connectivity index (χ0v) is 8.26. The first kappa shape index (κ1) is 22.3. The highest BCUT2D eigenvalue weighted by atomic mass is 19.4. The molecule has 0 saturated heterocycles. The molecule has 130 valence electrons. The molecule has 0 aromatic rings. The summed E-state index contributed by atoms with van der Waals surface area (Å²) >= 11 is 0. The van der Waals surface area contributed by atoms with Crippen LogP contribution >= 0.6 is 0 Å². The minimum Gasteiger partial charge on any atom is -0.222 e. The first-order valence-corrected chi connectivity index (χ1v) is 3.74. The molecule has 0 rings (SSSR count). The van der Waals surface area contributed by atoms with Crippen molar-refractivity contribution in [2.45, 2.75) is 38.7 Å². The summed E-state index contributed by atoms with van der Waals surface area (Å²) in [6.45, 7) is 0. The topological polar surface area (TPSA) is 27.7 Å². The number of halogens is 12. The van der Waals surface area contributed by atoms with E-state index >= 15 is 0 Å². The van der Waals surface area contributed by atoms with Crippen LogP contribution in [-0.4, -0.2) is 31.2 Å². The highest BCUT2D eigenvalue weighted by Crippen LogP contribution is 2.44. The highest BCUT2D eigenvalue weighted by molar-refractivity contribution is 4.68. The van der Waals surface area contributed by atoms with Crippen molar-refractivity contribution >= 4 is 0 Å². The number of hydrogen-bond donors (Lipinski definition) is 0. The third-order valence-electron chi connectivity index (χ3n) is 1.06. The van der Waals surface area contributed by atoms with Gasteiger partial charge in [-0.1, -0.05) is 7.43 Å². The molecule has 0 aliphatic heterocycles. The Morgan fingerprint density at radius 3 is 1.00 bits per heavy atom. The van der Waals surface area contributed by atoms with Gasteiger partial charge in [-0.15, -0.1) is 35.1 Å². The average molecular weight is 352 g/mol. The van der Waals surface area contributed by atoms with Gasteiger partial charge in [-0.2, -0.15) is 22.3 Å². The Balaban J connectivity index is 0. The summed E-state index contributed by atoms with van der Waals surface area (Å²) in [7, 11) is 0. The molecule has 15 heteroatoms. The van der Waals surface area contributed by atoms with Crippen LogP contribution < -0.4 is 0 Å². The smallest absolute Gasteiger partial charge is 0.222 e. The lowest BCUT2D eigenvalue weighted by Gasteiger charge is -2.28. The summed E-state index contributed by atoms with van der Waals surface area (Å²) in [6.07, 6.45) is -32.7. The molecule has 0 saturated carbocycles. The monoisotopic (exact) mass is 352 g/mol. The summed E-state index contributed by atoms with van der Waals surface area (Å²) in [6, 6.07) is 0. The fourth-order valence-electron chi connectivity index (χ4n) is 0.569. The van der Waals surface area contributed by atoms with Crippen LogP contribution in [0.15, 0.2) is 0 Å². The standard InChI is InChI=1S/C5F12O3.CH4/c6-1(7,18-3(10,11)12)2(8,9)19-5(16,17)20-4(13,14)15;/h;1H4. The van der Waals surface area contributed by atoms with Crippen LogP contribution in [0.5, 0.6) is 0 Å². The molecule has 0 bridgehead atoms. The summed E-state index contributed by atoms with van der Waals surface area (Å²) < 4.78 is 145. The third kappa shape index (κ3) is 8.15. The van der Waals surface area contributed by atoms with Crippen LogP contribution in [0.3, 0.4) is 0 Å². The van der Waals surface area contributed by atoms with Gasteiger partial charge in [0.25, 0.3) is 0 Å². The van der Waals surface area contributed by atoms with Crippen LogP contribution in [0, 0.1) is 0 Å². The lowest BCUT2D eigenvalue weighted by atomic mass is 10.6. The van der Waals surface area contributed by atoms with Crippen LogP contribution in [0.2, 0.25) is 0 Å². The molecular formula is C6H4F12O3. The molecule has 0 aliphatic rings. The highest BCUT2D eigenvalue weighted by Gasteiger charge is 2.69. The van der Waals surface area contributed by atoms with Crippen LogP contribution in [0.25, 0.3) is 0 Å². The third-order valence-corrected chi connectivity index (χ3v) is 1.06. The number of ether oxygens (including phenoxy) is 3. The van der Waals surface area contributed by atoms with E-state index in [-0.39, 0.29) is 7.43 Å². The van der Waals surface area contributed by atoms with Crippen molar-refractivity contribution in [3.8, 4) is 0 Å². The molecule has 0 aliphatic carbocycles. The molecule has 0 N–H and O–H groups in total. The first-order valence-electron chi connectivity index (χ1n) is 3.74. The molecule has 0 aromatic carbocycles. The maximum absolute atomic E-state index is 12.3. The lowest BCUT2D eigenvalue weighted by Crippen LogP contribution is -2.52. The molecule has 0 spiro atoms. The van der Waals surface area contributed by atoms with Crippen molar-refractivity contribution in [2.75, 3.05) is 0 Å². The van der Waals surface area contributed by atoms with E-state index in [1.54, 1.807) is 9.47 Å². The zero-order valence-electron chi connectivity index (χ0n) is 8.26. The Kier molecular flexibility index (Phi) is 6.42. The largest absolute Gasteiger partial charge is 0.529 e. The summed E-state index contributed by atoms with van der Waals surface area (Å²) in [5, 5.41) is 0. The fraction of sp³-hybridized carbons (Fsp3) is 1.00. The molecule has 3 nitrogen and oxygen atoms in total. The number of alkyl halides is 12. The Morgan fingerprint density at radius 1 is 0.429 bits per heavy atom. The Bertz CT molecular complexity index is 331. The van der Waals surface area contributed by atoms with Crippen molar-refractivity contribution in [2.24, 2.45) is 0 Å². The summed E-state index contributed by atoms with van der Waals surface area (Å²) in [4.78, 5) is 0. The van der Waals surface area contributed by atoms with E-state index in [4.69, 9.17) is 0 Å². The first-order chi connectivity index (χ1) is 8.37. The minimum absolute atomic E-state index is 0. The van der Waals surface area contributed by atoms with E-state index in [1.165, 1.54) is 4.74 Å². The second kappa shape index (κ2) is 6.04. The van der Waals surface area contributed by atoms with Gasteiger partial charge in [0.05, 0.1) is 0 Å².